The lowest BCUT2D eigenvalue weighted by Crippen LogP contribution is -2.06. The summed E-state index contributed by atoms with van der Waals surface area (Å²) in [7, 11) is 0. The highest BCUT2D eigenvalue weighted by Crippen LogP contribution is 2.23. The third-order valence-corrected chi connectivity index (χ3v) is 2.73. The molecular formula is C11H11BrN2O. The second-order valence-electron chi connectivity index (χ2n) is 3.16. The minimum atomic E-state index is 0.107. The molecule has 1 aromatic carbocycles. The maximum atomic E-state index is 8.70. The molecule has 1 aromatic heterocycles. The molecule has 0 saturated heterocycles. The van der Waals surface area contributed by atoms with Crippen molar-refractivity contribution < 1.29 is 5.11 Å². The Morgan fingerprint density at radius 2 is 2.13 bits per heavy atom. The topological polar surface area (TPSA) is 45.1 Å². The van der Waals surface area contributed by atoms with Gasteiger partial charge in [-0.15, -0.1) is 0 Å². The number of aliphatic hydroxyl groups excluding tert-OH is 1. The van der Waals surface area contributed by atoms with E-state index in [4.69, 9.17) is 5.11 Å². The highest BCUT2D eigenvalue weighted by Gasteiger charge is 2.00. The van der Waals surface area contributed by atoms with Crippen LogP contribution in [-0.2, 0) is 0 Å². The van der Waals surface area contributed by atoms with Gasteiger partial charge < -0.3 is 10.4 Å². The first kappa shape index (κ1) is 10.4. The second kappa shape index (κ2) is 4.59. The standard InChI is InChI=1S/C11H11BrN2O/c12-9-3-1-2-8-4-5-10(13-6-7-15)14-11(8)9/h1-5,15H,6-7H2,(H,13,14). The van der Waals surface area contributed by atoms with E-state index in [-0.39, 0.29) is 6.61 Å². The summed E-state index contributed by atoms with van der Waals surface area (Å²) in [6, 6.07) is 9.88. The van der Waals surface area contributed by atoms with E-state index in [1.54, 1.807) is 0 Å². The van der Waals surface area contributed by atoms with Crippen LogP contribution in [0.5, 0.6) is 0 Å². The molecule has 0 aliphatic rings. The number of nitrogens with one attached hydrogen (secondary N) is 1. The number of aromatic nitrogens is 1. The lowest BCUT2D eigenvalue weighted by atomic mass is 10.2. The van der Waals surface area contributed by atoms with Crippen molar-refractivity contribution >= 4 is 32.7 Å². The van der Waals surface area contributed by atoms with E-state index in [1.807, 2.05) is 30.3 Å². The van der Waals surface area contributed by atoms with Crippen molar-refractivity contribution in [3.8, 4) is 0 Å². The van der Waals surface area contributed by atoms with Crippen molar-refractivity contribution in [2.24, 2.45) is 0 Å². The van der Waals surface area contributed by atoms with Gasteiger partial charge in [0.2, 0.25) is 0 Å². The van der Waals surface area contributed by atoms with Crippen LogP contribution in [0.3, 0.4) is 0 Å². The first-order chi connectivity index (χ1) is 7.31. The third-order valence-electron chi connectivity index (χ3n) is 2.09. The number of benzene rings is 1. The highest BCUT2D eigenvalue weighted by molar-refractivity contribution is 9.10. The van der Waals surface area contributed by atoms with Crippen LogP contribution in [0.2, 0.25) is 0 Å². The molecule has 3 nitrogen and oxygen atoms in total. The van der Waals surface area contributed by atoms with Crippen LogP contribution >= 0.6 is 15.9 Å². The number of hydrogen-bond donors (Lipinski definition) is 2. The molecular weight excluding hydrogens is 256 g/mol. The number of fused-ring (bicyclic) bond motifs is 1. The molecule has 15 heavy (non-hydrogen) atoms. The number of anilines is 1. The number of para-hydroxylation sites is 1. The Morgan fingerprint density at radius 3 is 2.93 bits per heavy atom. The number of halogens is 1. The quantitative estimate of drug-likeness (QED) is 0.897. The molecule has 78 valence electrons. The fourth-order valence-electron chi connectivity index (χ4n) is 1.39. The van der Waals surface area contributed by atoms with Gasteiger partial charge in [-0.2, -0.15) is 0 Å². The molecule has 0 saturated carbocycles. The van der Waals surface area contributed by atoms with Crippen LogP contribution in [0.25, 0.3) is 10.9 Å². The number of pyridine rings is 1. The van der Waals surface area contributed by atoms with Crippen molar-refractivity contribution in [2.45, 2.75) is 0 Å². The summed E-state index contributed by atoms with van der Waals surface area (Å²) < 4.78 is 0.979. The van der Waals surface area contributed by atoms with Crippen molar-refractivity contribution in [2.75, 3.05) is 18.5 Å². The molecule has 0 amide bonds. The lowest BCUT2D eigenvalue weighted by molar-refractivity contribution is 0.311. The fraction of sp³-hybridized carbons (Fsp3) is 0.182. The third kappa shape index (κ3) is 2.27. The van der Waals surface area contributed by atoms with E-state index in [9.17, 15) is 0 Å². The number of aliphatic hydroxyl groups is 1. The monoisotopic (exact) mass is 266 g/mol. The summed E-state index contributed by atoms with van der Waals surface area (Å²) in [5.74, 6) is 0.781. The molecule has 0 fully saturated rings. The summed E-state index contributed by atoms with van der Waals surface area (Å²) in [4.78, 5) is 4.44. The first-order valence-electron chi connectivity index (χ1n) is 4.71. The Labute approximate surface area is 96.3 Å². The van der Waals surface area contributed by atoms with Gasteiger partial charge in [-0.05, 0) is 34.1 Å². The fourth-order valence-corrected chi connectivity index (χ4v) is 1.86. The molecule has 0 spiro atoms. The van der Waals surface area contributed by atoms with E-state index in [0.29, 0.717) is 6.54 Å². The number of hydrogen-bond acceptors (Lipinski definition) is 3. The zero-order valence-electron chi connectivity index (χ0n) is 8.07. The molecule has 0 aliphatic carbocycles. The molecule has 0 aliphatic heterocycles. The van der Waals surface area contributed by atoms with Gasteiger partial charge in [0.1, 0.15) is 5.82 Å². The van der Waals surface area contributed by atoms with Crippen molar-refractivity contribution in [1.82, 2.24) is 4.98 Å². The molecule has 2 aromatic rings. The van der Waals surface area contributed by atoms with E-state index < -0.39 is 0 Å². The smallest absolute Gasteiger partial charge is 0.126 e. The molecule has 2 rings (SSSR count). The van der Waals surface area contributed by atoms with Crippen LogP contribution in [0.15, 0.2) is 34.8 Å². The predicted molar refractivity (Wildman–Crippen MR) is 65.0 cm³/mol. The van der Waals surface area contributed by atoms with Gasteiger partial charge in [0, 0.05) is 16.4 Å². The van der Waals surface area contributed by atoms with Gasteiger partial charge in [-0.25, -0.2) is 4.98 Å². The summed E-state index contributed by atoms with van der Waals surface area (Å²) in [6.07, 6.45) is 0. The minimum absolute atomic E-state index is 0.107. The van der Waals surface area contributed by atoms with Crippen molar-refractivity contribution in [1.29, 1.82) is 0 Å². The lowest BCUT2D eigenvalue weighted by Gasteiger charge is -2.05. The number of rotatable bonds is 3. The Bertz CT molecular complexity index is 473. The largest absolute Gasteiger partial charge is 0.395 e. The highest BCUT2D eigenvalue weighted by atomic mass is 79.9. The van der Waals surface area contributed by atoms with Crippen LogP contribution < -0.4 is 5.32 Å². The van der Waals surface area contributed by atoms with Crippen LogP contribution in [-0.4, -0.2) is 23.2 Å². The van der Waals surface area contributed by atoms with Gasteiger partial charge in [-0.1, -0.05) is 12.1 Å². The maximum absolute atomic E-state index is 8.70. The van der Waals surface area contributed by atoms with Gasteiger partial charge in [0.25, 0.3) is 0 Å². The molecule has 1 heterocycles. The maximum Gasteiger partial charge on any atom is 0.126 e. The predicted octanol–water partition coefficient (Wildman–Crippen LogP) is 2.40. The summed E-state index contributed by atoms with van der Waals surface area (Å²) in [6.45, 7) is 0.624. The van der Waals surface area contributed by atoms with Gasteiger partial charge in [0.05, 0.1) is 12.1 Å². The normalized spacial score (nSPS) is 10.5. The van der Waals surface area contributed by atoms with Crippen molar-refractivity contribution in [3.63, 3.8) is 0 Å². The molecule has 0 unspecified atom stereocenters. The Hall–Kier alpha value is -1.13. The van der Waals surface area contributed by atoms with Gasteiger partial charge in [0.15, 0.2) is 0 Å². The minimum Gasteiger partial charge on any atom is -0.395 e. The Kier molecular flexibility index (Phi) is 3.18. The molecule has 4 heteroatoms. The number of nitrogens with zero attached hydrogens (tertiary/aromatic N) is 1. The van der Waals surface area contributed by atoms with E-state index in [2.05, 4.69) is 26.2 Å². The summed E-state index contributed by atoms with van der Waals surface area (Å²) in [5, 5.41) is 12.8. The van der Waals surface area contributed by atoms with Gasteiger partial charge >= 0.3 is 0 Å². The molecule has 0 atom stereocenters. The SMILES string of the molecule is OCCNc1ccc2cccc(Br)c2n1. The average molecular weight is 267 g/mol. The summed E-state index contributed by atoms with van der Waals surface area (Å²) >= 11 is 3.46. The molecule has 2 N–H and O–H groups in total. The van der Waals surface area contributed by atoms with Gasteiger partial charge in [-0.3, -0.25) is 0 Å². The zero-order chi connectivity index (χ0) is 10.7. The van der Waals surface area contributed by atoms with E-state index in [1.165, 1.54) is 0 Å². The van der Waals surface area contributed by atoms with E-state index >= 15 is 0 Å². The Balaban J connectivity index is 2.41. The first-order valence-corrected chi connectivity index (χ1v) is 5.50. The zero-order valence-corrected chi connectivity index (χ0v) is 9.66. The van der Waals surface area contributed by atoms with Crippen molar-refractivity contribution in [3.05, 3.63) is 34.8 Å². The second-order valence-corrected chi connectivity index (χ2v) is 4.01. The van der Waals surface area contributed by atoms with E-state index in [0.717, 1.165) is 21.2 Å². The van der Waals surface area contributed by atoms with Crippen LogP contribution in [0, 0.1) is 0 Å². The van der Waals surface area contributed by atoms with Crippen LogP contribution in [0.4, 0.5) is 5.82 Å². The Morgan fingerprint density at radius 1 is 1.27 bits per heavy atom. The summed E-state index contributed by atoms with van der Waals surface area (Å²) in [5.41, 5.74) is 0.931. The average Bonchev–Trinajstić information content (AvgIpc) is 2.27. The molecule has 0 radical (unpaired) electrons. The molecule has 0 bridgehead atoms. The van der Waals surface area contributed by atoms with Crippen LogP contribution in [0.1, 0.15) is 0 Å².